The lowest BCUT2D eigenvalue weighted by molar-refractivity contribution is -0.144. The Kier molecular flexibility index (Phi) is 4.77. The minimum atomic E-state index is -0.269. The molecule has 21 heavy (non-hydrogen) atoms. The van der Waals surface area contributed by atoms with Crippen molar-refractivity contribution in [1.29, 1.82) is 0 Å². The van der Waals surface area contributed by atoms with Gasteiger partial charge >= 0.3 is 5.97 Å². The first kappa shape index (κ1) is 15.3. The average Bonchev–Trinajstić information content (AvgIpc) is 2.96. The zero-order chi connectivity index (χ0) is 15.4. The molecule has 1 saturated heterocycles. The summed E-state index contributed by atoms with van der Waals surface area (Å²) in [6.07, 6.45) is 3.31. The lowest BCUT2D eigenvalue weighted by atomic mass is 10.2. The number of hydrogen-bond donors (Lipinski definition) is 0. The SMILES string of the molecule is CCOC(=O)C1CCCN1c1ccnc(C(=O)N(C)C)c1. The van der Waals surface area contributed by atoms with Gasteiger partial charge in [0.25, 0.3) is 5.91 Å². The van der Waals surface area contributed by atoms with Crippen molar-refractivity contribution < 1.29 is 14.3 Å². The van der Waals surface area contributed by atoms with Gasteiger partial charge in [-0.05, 0) is 31.9 Å². The summed E-state index contributed by atoms with van der Waals surface area (Å²) in [6, 6.07) is 3.29. The molecule has 0 radical (unpaired) electrons. The van der Waals surface area contributed by atoms with E-state index in [1.807, 2.05) is 11.0 Å². The lowest BCUT2D eigenvalue weighted by Crippen LogP contribution is -2.37. The third-order valence-corrected chi connectivity index (χ3v) is 3.51. The minimum Gasteiger partial charge on any atom is -0.464 e. The van der Waals surface area contributed by atoms with Crippen LogP contribution in [0.1, 0.15) is 30.3 Å². The zero-order valence-electron chi connectivity index (χ0n) is 12.7. The Hall–Kier alpha value is -2.11. The molecule has 6 nitrogen and oxygen atoms in total. The number of nitrogens with zero attached hydrogens (tertiary/aromatic N) is 3. The second-order valence-corrected chi connectivity index (χ2v) is 5.20. The molecule has 1 amide bonds. The Morgan fingerprint density at radius 2 is 2.24 bits per heavy atom. The van der Waals surface area contributed by atoms with E-state index in [0.717, 1.165) is 25.1 Å². The Morgan fingerprint density at radius 3 is 2.90 bits per heavy atom. The largest absolute Gasteiger partial charge is 0.464 e. The molecule has 1 fully saturated rings. The number of esters is 1. The summed E-state index contributed by atoms with van der Waals surface area (Å²) in [5.41, 5.74) is 1.22. The first-order chi connectivity index (χ1) is 10.0. The number of pyridine rings is 1. The van der Waals surface area contributed by atoms with E-state index >= 15 is 0 Å². The number of ether oxygens (including phenoxy) is 1. The fourth-order valence-electron chi connectivity index (χ4n) is 2.50. The predicted octanol–water partition coefficient (Wildman–Crippen LogP) is 1.32. The predicted molar refractivity (Wildman–Crippen MR) is 79.3 cm³/mol. The van der Waals surface area contributed by atoms with E-state index in [1.165, 1.54) is 4.90 Å². The van der Waals surface area contributed by atoms with Crippen molar-refractivity contribution in [3.8, 4) is 0 Å². The maximum Gasteiger partial charge on any atom is 0.328 e. The van der Waals surface area contributed by atoms with E-state index in [1.54, 1.807) is 33.3 Å². The molecule has 0 spiro atoms. The Morgan fingerprint density at radius 1 is 1.48 bits per heavy atom. The first-order valence-corrected chi connectivity index (χ1v) is 7.15. The van der Waals surface area contributed by atoms with Gasteiger partial charge in [0.15, 0.2) is 0 Å². The molecular weight excluding hydrogens is 270 g/mol. The molecule has 0 bridgehead atoms. The van der Waals surface area contributed by atoms with Crippen molar-refractivity contribution in [3.05, 3.63) is 24.0 Å². The van der Waals surface area contributed by atoms with Crippen LogP contribution in [0.15, 0.2) is 18.3 Å². The molecule has 0 N–H and O–H groups in total. The molecule has 1 unspecified atom stereocenters. The number of carbonyl (C=O) groups is 2. The standard InChI is InChI=1S/C15H21N3O3/c1-4-21-15(20)13-6-5-9-18(13)11-7-8-16-12(10-11)14(19)17(2)3/h7-8,10,13H,4-6,9H2,1-3H3. The number of carbonyl (C=O) groups excluding carboxylic acids is 2. The molecular formula is C15H21N3O3. The third kappa shape index (κ3) is 3.32. The van der Waals surface area contributed by atoms with Gasteiger partial charge in [0.2, 0.25) is 0 Å². The summed E-state index contributed by atoms with van der Waals surface area (Å²) < 4.78 is 5.12. The van der Waals surface area contributed by atoms with Crippen molar-refractivity contribution in [2.75, 3.05) is 32.1 Å². The summed E-state index contributed by atoms with van der Waals surface area (Å²) in [6.45, 7) is 2.96. The number of hydrogen-bond acceptors (Lipinski definition) is 5. The lowest BCUT2D eigenvalue weighted by Gasteiger charge is -2.25. The maximum absolute atomic E-state index is 12.0. The van der Waals surface area contributed by atoms with Gasteiger partial charge in [-0.25, -0.2) is 4.79 Å². The highest BCUT2D eigenvalue weighted by Crippen LogP contribution is 2.26. The second-order valence-electron chi connectivity index (χ2n) is 5.20. The summed E-state index contributed by atoms with van der Waals surface area (Å²) in [5, 5.41) is 0. The fraction of sp³-hybridized carbons (Fsp3) is 0.533. The zero-order valence-corrected chi connectivity index (χ0v) is 12.7. The van der Waals surface area contributed by atoms with Crippen LogP contribution in [0.3, 0.4) is 0 Å². The molecule has 0 aliphatic carbocycles. The van der Waals surface area contributed by atoms with E-state index in [-0.39, 0.29) is 17.9 Å². The van der Waals surface area contributed by atoms with Crippen molar-refractivity contribution >= 4 is 17.6 Å². The molecule has 1 aliphatic rings. The van der Waals surface area contributed by atoms with Crippen molar-refractivity contribution in [1.82, 2.24) is 9.88 Å². The van der Waals surface area contributed by atoms with Crippen molar-refractivity contribution in [3.63, 3.8) is 0 Å². The average molecular weight is 291 g/mol. The number of rotatable bonds is 4. The van der Waals surface area contributed by atoms with Crippen LogP contribution in [0.25, 0.3) is 0 Å². The Bertz CT molecular complexity index is 531. The van der Waals surface area contributed by atoms with Crippen LogP contribution in [0.5, 0.6) is 0 Å². The Balaban J connectivity index is 2.23. The topological polar surface area (TPSA) is 62.7 Å². The summed E-state index contributed by atoms with van der Waals surface area (Å²) in [4.78, 5) is 31.6. The van der Waals surface area contributed by atoms with Crippen LogP contribution in [-0.2, 0) is 9.53 Å². The van der Waals surface area contributed by atoms with Gasteiger partial charge in [0.1, 0.15) is 11.7 Å². The highest BCUT2D eigenvalue weighted by Gasteiger charge is 2.32. The fourth-order valence-corrected chi connectivity index (χ4v) is 2.50. The van der Waals surface area contributed by atoms with Gasteiger partial charge in [0.05, 0.1) is 6.61 Å². The number of anilines is 1. The quantitative estimate of drug-likeness (QED) is 0.783. The van der Waals surface area contributed by atoms with E-state index in [2.05, 4.69) is 4.98 Å². The van der Waals surface area contributed by atoms with E-state index < -0.39 is 0 Å². The van der Waals surface area contributed by atoms with Gasteiger partial charge < -0.3 is 14.5 Å². The summed E-state index contributed by atoms with van der Waals surface area (Å²) in [5.74, 6) is -0.351. The molecule has 0 saturated carbocycles. The number of amides is 1. The molecule has 1 aromatic rings. The smallest absolute Gasteiger partial charge is 0.328 e. The highest BCUT2D eigenvalue weighted by molar-refractivity contribution is 5.93. The molecule has 0 aromatic carbocycles. The first-order valence-electron chi connectivity index (χ1n) is 7.15. The van der Waals surface area contributed by atoms with Crippen LogP contribution in [0.2, 0.25) is 0 Å². The Labute approximate surface area is 124 Å². The molecule has 1 aliphatic heterocycles. The van der Waals surface area contributed by atoms with Crippen molar-refractivity contribution in [2.24, 2.45) is 0 Å². The summed E-state index contributed by atoms with van der Waals surface area (Å²) >= 11 is 0. The van der Waals surface area contributed by atoms with Gasteiger partial charge in [-0.15, -0.1) is 0 Å². The van der Waals surface area contributed by atoms with Gasteiger partial charge in [-0.2, -0.15) is 0 Å². The van der Waals surface area contributed by atoms with Crippen LogP contribution < -0.4 is 4.90 Å². The van der Waals surface area contributed by atoms with Crippen LogP contribution in [0, 0.1) is 0 Å². The maximum atomic E-state index is 12.0. The van der Waals surface area contributed by atoms with E-state index in [9.17, 15) is 9.59 Å². The monoisotopic (exact) mass is 291 g/mol. The van der Waals surface area contributed by atoms with Gasteiger partial charge in [0, 0.05) is 32.5 Å². The van der Waals surface area contributed by atoms with E-state index in [4.69, 9.17) is 4.74 Å². The number of aromatic nitrogens is 1. The van der Waals surface area contributed by atoms with Gasteiger partial charge in [-0.3, -0.25) is 9.78 Å². The minimum absolute atomic E-state index is 0.149. The molecule has 114 valence electrons. The van der Waals surface area contributed by atoms with Crippen LogP contribution in [-0.4, -0.2) is 55.0 Å². The van der Waals surface area contributed by atoms with Crippen LogP contribution >= 0.6 is 0 Å². The van der Waals surface area contributed by atoms with E-state index in [0.29, 0.717) is 12.3 Å². The highest BCUT2D eigenvalue weighted by atomic mass is 16.5. The van der Waals surface area contributed by atoms with Crippen LogP contribution in [0.4, 0.5) is 5.69 Å². The third-order valence-electron chi connectivity index (χ3n) is 3.51. The molecule has 1 atom stereocenters. The molecule has 2 rings (SSSR count). The van der Waals surface area contributed by atoms with Gasteiger partial charge in [-0.1, -0.05) is 0 Å². The van der Waals surface area contributed by atoms with Crippen molar-refractivity contribution in [2.45, 2.75) is 25.8 Å². The summed E-state index contributed by atoms with van der Waals surface area (Å²) in [7, 11) is 3.38. The molecule has 6 heteroatoms. The molecule has 1 aromatic heterocycles. The normalized spacial score (nSPS) is 17.7. The second kappa shape index (κ2) is 6.56. The molecule has 2 heterocycles.